The molecule has 62 heavy (non-hydrogen) atoms. The lowest BCUT2D eigenvalue weighted by Crippen LogP contribution is -2.28. The van der Waals surface area contributed by atoms with Crippen molar-refractivity contribution in [3.63, 3.8) is 0 Å². The van der Waals surface area contributed by atoms with E-state index < -0.39 is 5.41 Å². The molecule has 0 N–H and O–H groups in total. The Hall–Kier alpha value is -7.79. The Morgan fingerprint density at radius 3 is 1.58 bits per heavy atom. The molecule has 2 aromatic heterocycles. The Morgan fingerprint density at radius 2 is 0.806 bits per heavy atom. The van der Waals surface area contributed by atoms with E-state index in [0.29, 0.717) is 17.5 Å². The molecule has 1 aliphatic carbocycles. The lowest BCUT2D eigenvalue weighted by Gasteiger charge is -2.33. The van der Waals surface area contributed by atoms with Crippen molar-refractivity contribution in [1.29, 1.82) is 0 Å². The Bertz CT molecular complexity index is 3410. The van der Waals surface area contributed by atoms with Crippen LogP contribution in [0.4, 0.5) is 0 Å². The number of benzene rings is 9. The first-order valence-corrected chi connectivity index (χ1v) is 21.8. The van der Waals surface area contributed by atoms with E-state index in [-0.39, 0.29) is 0 Å². The highest BCUT2D eigenvalue weighted by molar-refractivity contribution is 7.25. The summed E-state index contributed by atoms with van der Waals surface area (Å²) < 4.78 is 2.61. The van der Waals surface area contributed by atoms with Crippen molar-refractivity contribution in [1.82, 2.24) is 15.0 Å². The Labute approximate surface area is 364 Å². The topological polar surface area (TPSA) is 38.7 Å². The summed E-state index contributed by atoms with van der Waals surface area (Å²) in [5.41, 5.74) is 14.1. The van der Waals surface area contributed by atoms with E-state index in [4.69, 9.17) is 15.0 Å². The fourth-order valence-electron chi connectivity index (χ4n) is 9.62. The van der Waals surface area contributed by atoms with Crippen LogP contribution in [-0.2, 0) is 5.41 Å². The number of thiophene rings is 1. The molecule has 0 spiro atoms. The highest BCUT2D eigenvalue weighted by Crippen LogP contribution is 2.58. The molecule has 0 unspecified atom stereocenters. The van der Waals surface area contributed by atoms with Gasteiger partial charge in [-0.05, 0) is 79.9 Å². The average Bonchev–Trinajstić information content (AvgIpc) is 3.88. The zero-order valence-electron chi connectivity index (χ0n) is 33.6. The SMILES string of the molecule is c1ccc(-c2cccc(-c3nc(-c4ccc(-c5ccc6sc7ccccc7c6c5)cc4)nc(-c4cccc5c4-c4ccccc4C5(c4ccccc4)c4ccccc4)n3)c2)cc1. The van der Waals surface area contributed by atoms with Crippen LogP contribution in [0.3, 0.4) is 0 Å². The van der Waals surface area contributed by atoms with Crippen LogP contribution >= 0.6 is 11.3 Å². The Morgan fingerprint density at radius 1 is 0.306 bits per heavy atom. The molecule has 11 aromatic rings. The van der Waals surface area contributed by atoms with Crippen LogP contribution in [0.1, 0.15) is 22.3 Å². The minimum absolute atomic E-state index is 0.540. The monoisotopic (exact) mass is 807 g/mol. The number of hydrogen-bond acceptors (Lipinski definition) is 4. The van der Waals surface area contributed by atoms with Crippen molar-refractivity contribution in [2.24, 2.45) is 0 Å². The summed E-state index contributed by atoms with van der Waals surface area (Å²) in [5.74, 6) is 1.89. The number of fused-ring (bicyclic) bond motifs is 6. The maximum Gasteiger partial charge on any atom is 0.164 e. The largest absolute Gasteiger partial charge is 0.208 e. The van der Waals surface area contributed by atoms with E-state index in [1.165, 1.54) is 53.6 Å². The van der Waals surface area contributed by atoms with Crippen LogP contribution < -0.4 is 0 Å². The van der Waals surface area contributed by atoms with Crippen LogP contribution in [-0.4, -0.2) is 15.0 Å². The van der Waals surface area contributed by atoms with Crippen LogP contribution in [0.15, 0.2) is 224 Å². The molecule has 12 rings (SSSR count). The second kappa shape index (κ2) is 14.7. The Balaban J connectivity index is 1.05. The van der Waals surface area contributed by atoms with E-state index >= 15 is 0 Å². The number of aromatic nitrogens is 3. The summed E-state index contributed by atoms with van der Waals surface area (Å²) in [5, 5.41) is 2.59. The lowest BCUT2D eigenvalue weighted by atomic mass is 9.67. The predicted octanol–water partition coefficient (Wildman–Crippen LogP) is 14.9. The van der Waals surface area contributed by atoms with Gasteiger partial charge in [0.2, 0.25) is 0 Å². The summed E-state index contributed by atoms with van der Waals surface area (Å²) in [6, 6.07) is 80.4. The van der Waals surface area contributed by atoms with Crippen molar-refractivity contribution in [3.8, 4) is 67.5 Å². The average molecular weight is 808 g/mol. The standard InChI is InChI=1S/C58H37N3S/c1-4-16-38(17-5-1)41-18-14-19-43(36-41)56-59-55(40-32-30-39(31-33-40)42-34-35-53-49(37-42)46-24-11-13-29-52(46)62-53)60-57(61-56)48-26-15-28-51-54(48)47-25-10-12-27-50(47)58(51,44-20-6-2-7-21-44)45-22-8-3-9-23-45/h1-37H. The van der Waals surface area contributed by atoms with E-state index in [9.17, 15) is 0 Å². The lowest BCUT2D eigenvalue weighted by molar-refractivity contribution is 0.768. The van der Waals surface area contributed by atoms with Crippen molar-refractivity contribution in [2.75, 3.05) is 0 Å². The normalized spacial score (nSPS) is 12.6. The molecular weight excluding hydrogens is 771 g/mol. The van der Waals surface area contributed by atoms with Crippen molar-refractivity contribution >= 4 is 31.5 Å². The maximum absolute atomic E-state index is 5.37. The van der Waals surface area contributed by atoms with Gasteiger partial charge in [0, 0.05) is 36.9 Å². The third-order valence-corrected chi connectivity index (χ3v) is 13.6. The number of nitrogens with zero attached hydrogens (tertiary/aromatic N) is 3. The molecule has 0 radical (unpaired) electrons. The molecule has 0 saturated heterocycles. The van der Waals surface area contributed by atoms with Crippen molar-refractivity contribution in [2.45, 2.75) is 5.41 Å². The molecule has 0 bridgehead atoms. The minimum Gasteiger partial charge on any atom is -0.208 e. The highest BCUT2D eigenvalue weighted by atomic mass is 32.1. The van der Waals surface area contributed by atoms with Crippen molar-refractivity contribution < 1.29 is 0 Å². The van der Waals surface area contributed by atoms with Gasteiger partial charge in [0.1, 0.15) is 0 Å². The summed E-state index contributed by atoms with van der Waals surface area (Å²) in [4.78, 5) is 16.0. The first-order valence-electron chi connectivity index (χ1n) is 21.0. The van der Waals surface area contributed by atoms with Gasteiger partial charge in [-0.1, -0.05) is 200 Å². The first-order chi connectivity index (χ1) is 30.7. The number of rotatable bonds is 7. The molecule has 290 valence electrons. The van der Waals surface area contributed by atoms with Gasteiger partial charge in [-0.15, -0.1) is 11.3 Å². The fraction of sp³-hybridized carbons (Fsp3) is 0.0172. The fourth-order valence-corrected chi connectivity index (χ4v) is 10.7. The van der Waals surface area contributed by atoms with Gasteiger partial charge < -0.3 is 0 Å². The minimum atomic E-state index is -0.540. The molecule has 4 heteroatoms. The van der Waals surface area contributed by atoms with Crippen LogP contribution in [0.25, 0.3) is 87.7 Å². The van der Waals surface area contributed by atoms with Gasteiger partial charge in [0.15, 0.2) is 17.5 Å². The summed E-state index contributed by atoms with van der Waals surface area (Å²) >= 11 is 1.84. The van der Waals surface area contributed by atoms with Gasteiger partial charge in [-0.25, -0.2) is 15.0 Å². The van der Waals surface area contributed by atoms with Gasteiger partial charge in [-0.3, -0.25) is 0 Å². The summed E-state index contributed by atoms with van der Waals surface area (Å²) in [7, 11) is 0. The zero-order valence-corrected chi connectivity index (χ0v) is 34.4. The van der Waals surface area contributed by atoms with Crippen LogP contribution in [0.5, 0.6) is 0 Å². The molecule has 0 fully saturated rings. The molecular formula is C58H37N3S. The van der Waals surface area contributed by atoms with Crippen LogP contribution in [0, 0.1) is 0 Å². The molecule has 9 aromatic carbocycles. The first kappa shape index (κ1) is 36.1. The Kier molecular flexibility index (Phi) is 8.58. The second-order valence-corrected chi connectivity index (χ2v) is 17.0. The summed E-state index contributed by atoms with van der Waals surface area (Å²) in [6.45, 7) is 0. The van der Waals surface area contributed by atoms with Gasteiger partial charge in [0.05, 0.1) is 5.41 Å². The smallest absolute Gasteiger partial charge is 0.164 e. The van der Waals surface area contributed by atoms with Crippen LogP contribution in [0.2, 0.25) is 0 Å². The molecule has 0 aliphatic heterocycles. The van der Waals surface area contributed by atoms with E-state index in [1.807, 2.05) is 17.4 Å². The third-order valence-electron chi connectivity index (χ3n) is 12.4. The zero-order chi connectivity index (χ0) is 41.0. The molecule has 0 amide bonds. The third kappa shape index (κ3) is 5.83. The molecule has 3 nitrogen and oxygen atoms in total. The maximum atomic E-state index is 5.37. The molecule has 1 aliphatic rings. The highest BCUT2D eigenvalue weighted by Gasteiger charge is 2.47. The van der Waals surface area contributed by atoms with E-state index in [2.05, 4.69) is 218 Å². The van der Waals surface area contributed by atoms with Gasteiger partial charge >= 0.3 is 0 Å². The van der Waals surface area contributed by atoms with E-state index in [1.54, 1.807) is 0 Å². The van der Waals surface area contributed by atoms with E-state index in [0.717, 1.165) is 38.9 Å². The molecule has 0 atom stereocenters. The van der Waals surface area contributed by atoms with Gasteiger partial charge in [-0.2, -0.15) is 0 Å². The quantitative estimate of drug-likeness (QED) is 0.161. The molecule has 0 saturated carbocycles. The predicted molar refractivity (Wildman–Crippen MR) is 257 cm³/mol. The van der Waals surface area contributed by atoms with Gasteiger partial charge in [0.25, 0.3) is 0 Å². The second-order valence-electron chi connectivity index (χ2n) is 15.9. The molecule has 2 heterocycles. The summed E-state index contributed by atoms with van der Waals surface area (Å²) in [6.07, 6.45) is 0. The number of hydrogen-bond donors (Lipinski definition) is 0. The van der Waals surface area contributed by atoms with Crippen molar-refractivity contribution in [3.05, 3.63) is 247 Å².